The zero-order chi connectivity index (χ0) is 14.2. The van der Waals surface area contributed by atoms with E-state index in [1.807, 2.05) is 0 Å². The number of halogens is 1. The lowest BCUT2D eigenvalue weighted by Gasteiger charge is -2.17. The minimum Gasteiger partial charge on any atom is -0.474 e. The average molecular weight is 292 g/mol. The van der Waals surface area contributed by atoms with Crippen LogP contribution in [0, 0.1) is 12.7 Å². The van der Waals surface area contributed by atoms with Gasteiger partial charge in [-0.15, -0.1) is 11.3 Å². The number of thiazole rings is 1. The summed E-state index contributed by atoms with van der Waals surface area (Å²) in [5.41, 5.74) is -0.145. The number of aryl methyl sites for hydroxylation is 1. The van der Waals surface area contributed by atoms with Crippen molar-refractivity contribution in [2.24, 2.45) is 0 Å². The van der Waals surface area contributed by atoms with Gasteiger partial charge in [0.25, 0.3) is 5.91 Å². The second-order valence-corrected chi connectivity index (χ2v) is 5.72. The summed E-state index contributed by atoms with van der Waals surface area (Å²) in [6, 6.07) is 4.71. The minimum atomic E-state index is -0.957. The third-order valence-electron chi connectivity index (χ3n) is 3.16. The predicted octanol–water partition coefficient (Wildman–Crippen LogP) is 3.14. The molecule has 0 saturated heterocycles. The van der Waals surface area contributed by atoms with Crippen LogP contribution in [0.4, 0.5) is 9.52 Å². The number of benzene rings is 1. The largest absolute Gasteiger partial charge is 0.474 e. The summed E-state index contributed by atoms with van der Waals surface area (Å²) in [6.45, 7) is 1.80. The molecule has 0 atom stereocenters. The van der Waals surface area contributed by atoms with E-state index >= 15 is 0 Å². The standard InChI is InChI=1S/C14H13FN2O2S/c1-9-2-3-11(10(15)8-9)19-14(4-5-14)12(18)17-13-16-6-7-20-13/h2-3,6-8H,4-5H2,1H3,(H,16,17,18). The molecule has 4 nitrogen and oxygen atoms in total. The number of amides is 1. The molecule has 0 aliphatic heterocycles. The van der Waals surface area contributed by atoms with Gasteiger partial charge in [-0.25, -0.2) is 9.37 Å². The summed E-state index contributed by atoms with van der Waals surface area (Å²) < 4.78 is 19.4. The van der Waals surface area contributed by atoms with Crippen molar-refractivity contribution in [2.45, 2.75) is 25.4 Å². The maximum Gasteiger partial charge on any atom is 0.270 e. The van der Waals surface area contributed by atoms with Gasteiger partial charge in [-0.3, -0.25) is 10.1 Å². The summed E-state index contributed by atoms with van der Waals surface area (Å²) >= 11 is 1.33. The lowest BCUT2D eigenvalue weighted by Crippen LogP contribution is -2.35. The molecular weight excluding hydrogens is 279 g/mol. The summed E-state index contributed by atoms with van der Waals surface area (Å²) in [6.07, 6.45) is 2.77. The van der Waals surface area contributed by atoms with Crippen molar-refractivity contribution in [1.29, 1.82) is 0 Å². The second kappa shape index (κ2) is 4.86. The fraction of sp³-hybridized carbons (Fsp3) is 0.286. The van der Waals surface area contributed by atoms with E-state index in [2.05, 4.69) is 10.3 Å². The van der Waals surface area contributed by atoms with Crippen molar-refractivity contribution < 1.29 is 13.9 Å². The summed E-state index contributed by atoms with van der Waals surface area (Å²) in [4.78, 5) is 16.2. The molecule has 1 aliphatic rings. The number of carbonyl (C=O) groups is 1. The third-order valence-corrected chi connectivity index (χ3v) is 3.85. The van der Waals surface area contributed by atoms with Gasteiger partial charge in [0.15, 0.2) is 22.3 Å². The Morgan fingerprint density at radius 3 is 2.90 bits per heavy atom. The Hall–Kier alpha value is -1.95. The van der Waals surface area contributed by atoms with Crippen LogP contribution in [0.2, 0.25) is 0 Å². The number of hydrogen-bond acceptors (Lipinski definition) is 4. The van der Waals surface area contributed by atoms with E-state index < -0.39 is 11.4 Å². The second-order valence-electron chi connectivity index (χ2n) is 4.82. The van der Waals surface area contributed by atoms with Crippen molar-refractivity contribution in [3.05, 3.63) is 41.2 Å². The first-order valence-electron chi connectivity index (χ1n) is 6.25. The Morgan fingerprint density at radius 2 is 2.30 bits per heavy atom. The van der Waals surface area contributed by atoms with Gasteiger partial charge in [0, 0.05) is 24.4 Å². The number of rotatable bonds is 4. The molecule has 20 heavy (non-hydrogen) atoms. The van der Waals surface area contributed by atoms with E-state index in [1.165, 1.54) is 17.4 Å². The first-order chi connectivity index (χ1) is 9.59. The molecule has 0 bridgehead atoms. The molecule has 1 aromatic carbocycles. The number of aromatic nitrogens is 1. The minimum absolute atomic E-state index is 0.113. The number of carbonyl (C=O) groups excluding carboxylic acids is 1. The molecule has 0 radical (unpaired) electrons. The van der Waals surface area contributed by atoms with E-state index in [1.54, 1.807) is 30.6 Å². The maximum absolute atomic E-state index is 13.8. The smallest absolute Gasteiger partial charge is 0.270 e. The third kappa shape index (κ3) is 2.51. The molecular formula is C14H13FN2O2S. The summed E-state index contributed by atoms with van der Waals surface area (Å²) in [5, 5.41) is 4.99. The Morgan fingerprint density at radius 1 is 1.50 bits per heavy atom. The lowest BCUT2D eigenvalue weighted by atomic mass is 10.2. The fourth-order valence-corrected chi connectivity index (χ4v) is 2.41. The monoisotopic (exact) mass is 292 g/mol. The van der Waals surface area contributed by atoms with Crippen LogP contribution in [0.5, 0.6) is 5.75 Å². The van der Waals surface area contributed by atoms with Crippen LogP contribution in [0.15, 0.2) is 29.8 Å². The normalized spacial score (nSPS) is 15.7. The zero-order valence-electron chi connectivity index (χ0n) is 10.9. The van der Waals surface area contributed by atoms with Crippen molar-refractivity contribution >= 4 is 22.4 Å². The van der Waals surface area contributed by atoms with Gasteiger partial charge >= 0.3 is 0 Å². The van der Waals surface area contributed by atoms with Crippen LogP contribution in [0.25, 0.3) is 0 Å². The number of ether oxygens (including phenoxy) is 1. The zero-order valence-corrected chi connectivity index (χ0v) is 11.7. The molecule has 3 rings (SSSR count). The molecule has 1 aromatic heterocycles. The van der Waals surface area contributed by atoms with E-state index in [-0.39, 0.29) is 11.7 Å². The Balaban J connectivity index is 1.74. The Labute approximate surface area is 119 Å². The van der Waals surface area contributed by atoms with Crippen LogP contribution in [0.1, 0.15) is 18.4 Å². The highest BCUT2D eigenvalue weighted by molar-refractivity contribution is 7.13. The molecule has 104 valence electrons. The highest BCUT2D eigenvalue weighted by atomic mass is 32.1. The van der Waals surface area contributed by atoms with Crippen LogP contribution in [0.3, 0.4) is 0 Å². The number of anilines is 1. The molecule has 1 aliphatic carbocycles. The highest BCUT2D eigenvalue weighted by Crippen LogP contribution is 2.42. The summed E-state index contributed by atoms with van der Waals surface area (Å²) in [7, 11) is 0. The molecule has 1 fully saturated rings. The van der Waals surface area contributed by atoms with Gasteiger partial charge in [-0.05, 0) is 24.6 Å². The van der Waals surface area contributed by atoms with Gasteiger partial charge in [-0.1, -0.05) is 6.07 Å². The van der Waals surface area contributed by atoms with Gasteiger partial charge in [-0.2, -0.15) is 0 Å². The summed E-state index contributed by atoms with van der Waals surface area (Å²) in [5.74, 6) is -0.604. The van der Waals surface area contributed by atoms with Crippen LogP contribution < -0.4 is 10.1 Å². The molecule has 1 N–H and O–H groups in total. The number of hydrogen-bond donors (Lipinski definition) is 1. The van der Waals surface area contributed by atoms with Crippen LogP contribution in [-0.4, -0.2) is 16.5 Å². The molecule has 2 aromatic rings. The van der Waals surface area contributed by atoms with Crippen molar-refractivity contribution in [3.8, 4) is 5.75 Å². The highest BCUT2D eigenvalue weighted by Gasteiger charge is 2.53. The molecule has 1 amide bonds. The average Bonchev–Trinajstić information content (AvgIpc) is 3.02. The van der Waals surface area contributed by atoms with Gasteiger partial charge in [0.05, 0.1) is 0 Å². The molecule has 0 unspecified atom stereocenters. The van der Waals surface area contributed by atoms with Crippen LogP contribution in [-0.2, 0) is 4.79 Å². The first kappa shape index (κ1) is 13.1. The van der Waals surface area contributed by atoms with Crippen molar-refractivity contribution in [2.75, 3.05) is 5.32 Å². The predicted molar refractivity (Wildman–Crippen MR) is 74.5 cm³/mol. The lowest BCUT2D eigenvalue weighted by molar-refractivity contribution is -0.124. The quantitative estimate of drug-likeness (QED) is 0.942. The molecule has 0 spiro atoms. The van der Waals surface area contributed by atoms with Gasteiger partial charge < -0.3 is 4.74 Å². The van der Waals surface area contributed by atoms with E-state index in [9.17, 15) is 9.18 Å². The Kier molecular flexibility index (Phi) is 3.17. The number of nitrogens with one attached hydrogen (secondary N) is 1. The molecule has 1 saturated carbocycles. The van der Waals surface area contributed by atoms with Crippen molar-refractivity contribution in [3.63, 3.8) is 0 Å². The first-order valence-corrected chi connectivity index (χ1v) is 7.13. The van der Waals surface area contributed by atoms with Crippen molar-refractivity contribution in [1.82, 2.24) is 4.98 Å². The van der Waals surface area contributed by atoms with E-state index in [0.29, 0.717) is 18.0 Å². The number of nitrogens with zero attached hydrogens (tertiary/aromatic N) is 1. The molecule has 6 heteroatoms. The topological polar surface area (TPSA) is 51.2 Å². The van der Waals surface area contributed by atoms with Gasteiger partial charge in [0.2, 0.25) is 0 Å². The SMILES string of the molecule is Cc1ccc(OC2(C(=O)Nc3nccs3)CC2)c(F)c1. The molecule has 1 heterocycles. The van der Waals surface area contributed by atoms with E-state index in [4.69, 9.17) is 4.74 Å². The maximum atomic E-state index is 13.8. The van der Waals surface area contributed by atoms with Crippen LogP contribution >= 0.6 is 11.3 Å². The van der Waals surface area contributed by atoms with E-state index in [0.717, 1.165) is 5.56 Å². The van der Waals surface area contributed by atoms with Gasteiger partial charge in [0.1, 0.15) is 0 Å². The fourth-order valence-electron chi connectivity index (χ4n) is 1.88. The Bertz CT molecular complexity index is 639.